The molecule has 0 aliphatic heterocycles. The minimum atomic E-state index is -2.44. The molecule has 10 heteroatoms. The minimum absolute atomic E-state index is 0.448. The number of nitrogens with zero attached hydrogens (tertiary/aromatic N) is 5. The van der Waals surface area contributed by atoms with Crippen molar-refractivity contribution in [3.05, 3.63) is 390 Å². The summed E-state index contributed by atoms with van der Waals surface area (Å²) < 4.78 is 91.8. The normalized spacial score (nSPS) is 14.4. The Hall–Kier alpha value is -15.7. The lowest BCUT2D eigenvalue weighted by molar-refractivity contribution is -0.660. The number of fused-ring (bicyclic) bond motifs is 25. The van der Waals surface area contributed by atoms with E-state index in [-0.39, 0.29) is 0 Å². The van der Waals surface area contributed by atoms with Crippen LogP contribution in [0.1, 0.15) is 148 Å². The van der Waals surface area contributed by atoms with E-state index in [1.165, 1.54) is 209 Å². The zero-order chi connectivity index (χ0) is 104. The fraction of sp³-hybridized carbons (Fsp3) is 0.216. The van der Waals surface area contributed by atoms with Crippen LogP contribution in [0, 0.1) is 53.4 Å². The highest BCUT2D eigenvalue weighted by Gasteiger charge is 2.31. The van der Waals surface area contributed by atoms with E-state index in [9.17, 15) is 0 Å². The summed E-state index contributed by atoms with van der Waals surface area (Å²) in [5, 5.41) is 23.0. The molecule has 144 heavy (non-hydrogen) atoms. The van der Waals surface area contributed by atoms with E-state index in [0.717, 1.165) is 144 Å². The third-order valence-electron chi connectivity index (χ3n) is 31.0. The zero-order valence-corrected chi connectivity index (χ0v) is 84.5. The monoisotopic (exact) mass is 1890 g/mol. The van der Waals surface area contributed by atoms with Crippen LogP contribution in [0.4, 0.5) is 0 Å². The first-order valence-corrected chi connectivity index (χ1v) is 51.1. The van der Waals surface area contributed by atoms with Crippen molar-refractivity contribution < 1.29 is 53.1 Å². The average Bonchev–Trinajstić information content (AvgIpc) is 1.59. The second-order valence-corrected chi connectivity index (χ2v) is 40.5. The van der Waals surface area contributed by atoms with Gasteiger partial charge in [-0.3, -0.25) is 0 Å². The van der Waals surface area contributed by atoms with E-state index in [0.29, 0.717) is 11.1 Å². The smallest absolute Gasteiger partial charge is 0.216 e. The standard InChI is InChI=1S/C30H30NO.C29H28NO.C26H24NO.C25H22NO.C24H20NO/c1-20-12-14-26-25-15-13-23-10-6-7-11-24(23)29(25)32-30(26)28(20)27-19-22(16-17-31(27)2)18-21-8-4-3-5-9-21;1-19-11-13-25-24-14-12-22-9-5-6-10-23(22)28(24)31-29(25)27(19)26-18-21(15-16-30(26)2)17-20-7-3-4-8-20;1-16(2)19-13-14-27(4)23(15-19)24-17(3)9-11-22-21-12-10-18-7-5-6-8-20(18)25(21)28-26(22)24;1-4-17-13-14-26(3)22(15-17)23-16(2)9-11-21-20-12-10-18-7-5-6-8-19(18)24(20)27-25(21)23;1-15-12-13-25(3)21(14-15)22-16(2)8-10-20-19-11-9-17-6-4-5-7-18(17)23(19)26-24(20)22/h6-7,10-17,19,21H,3-5,8-9,18H2,1-2H3;5-6,9-16,18,20H,3-4,7-8,17H2,1-2H3;5-16H,1-4H3;5-15H,4H2,1-3H3;4-14H,1-3H3/q5*+1/i;;1D3,16D;4D2;. The molecule has 25 aromatic rings. The van der Waals surface area contributed by atoms with Crippen molar-refractivity contribution in [2.75, 3.05) is 0 Å². The molecule has 0 spiro atoms. The lowest BCUT2D eigenvalue weighted by atomic mass is 9.85. The maximum Gasteiger partial charge on any atom is 0.216 e. The van der Waals surface area contributed by atoms with Crippen molar-refractivity contribution in [2.45, 2.75) is 145 Å². The van der Waals surface area contributed by atoms with Gasteiger partial charge in [0.1, 0.15) is 91.1 Å². The summed E-state index contributed by atoms with van der Waals surface area (Å²) in [6.07, 6.45) is 23.7. The summed E-state index contributed by atoms with van der Waals surface area (Å²) in [7, 11) is 10.3. The van der Waals surface area contributed by atoms with Crippen LogP contribution in [0.25, 0.3) is 220 Å². The highest BCUT2D eigenvalue weighted by Crippen LogP contribution is 2.48. The van der Waals surface area contributed by atoms with Crippen molar-refractivity contribution in [1.82, 2.24) is 0 Å². The molecule has 0 bridgehead atoms. The van der Waals surface area contributed by atoms with Gasteiger partial charge in [-0.05, 0) is 191 Å². The molecule has 2 fully saturated rings. The molecule has 2 aliphatic rings. The Labute approximate surface area is 849 Å². The highest BCUT2D eigenvalue weighted by atomic mass is 16.3. The number of pyridine rings is 5. The van der Waals surface area contributed by atoms with E-state index in [4.69, 9.17) is 30.3 Å². The second kappa shape index (κ2) is 38.3. The summed E-state index contributed by atoms with van der Waals surface area (Å²) >= 11 is 0. The molecule has 2 saturated carbocycles. The Morgan fingerprint density at radius 1 is 0.271 bits per heavy atom. The molecular weight excluding hydrogens is 1760 g/mol. The molecule has 0 saturated heterocycles. The lowest BCUT2D eigenvalue weighted by Crippen LogP contribution is -2.31. The number of hydrogen-bond acceptors (Lipinski definition) is 5. The van der Waals surface area contributed by atoms with Gasteiger partial charge < -0.3 is 22.1 Å². The van der Waals surface area contributed by atoms with E-state index < -0.39 is 19.1 Å². The van der Waals surface area contributed by atoms with Gasteiger partial charge in [0, 0.05) is 150 Å². The fourth-order valence-electron chi connectivity index (χ4n) is 23.1. The van der Waals surface area contributed by atoms with Gasteiger partial charge in [0.25, 0.3) is 0 Å². The summed E-state index contributed by atoms with van der Waals surface area (Å²) in [6, 6.07) is 106. The Balaban J connectivity index is 0.000000103. The SMILES string of the molecule is Cc1cc[n+](C)c(-c2c(C)ccc3c2oc2c4ccccc4ccc32)c1.Cc1ccc2c(oc3c4ccccc4ccc23)c1-c1cc(CC2CCCC2)cc[n+]1C.Cc1ccc2c(oc3c4ccccc4ccc23)c1-c1cc(CC2CCCCC2)cc[n+]1C.[2H]C([2H])(C)c1cc[n+](C)c(-c2c(C)ccc3c2oc2c4ccccc4ccc32)c1.[2H]C([2H])([2H])C([2H])(C)c1cc[n+](C)c(-c2c(C)ccc3c2oc2c4ccccc4ccc32)c1. The first kappa shape index (κ1) is 85.2. The van der Waals surface area contributed by atoms with Crippen molar-refractivity contribution in [2.24, 2.45) is 47.1 Å². The Morgan fingerprint density at radius 2 is 0.514 bits per heavy atom. The molecule has 2 aliphatic carbocycles. The predicted molar refractivity (Wildman–Crippen MR) is 597 cm³/mol. The zero-order valence-electron chi connectivity index (χ0n) is 90.5. The summed E-state index contributed by atoms with van der Waals surface area (Å²) in [5.74, 6) is -0.0456. The summed E-state index contributed by atoms with van der Waals surface area (Å²) in [6.45, 7) is 13.4. The number of hydrogen-bond donors (Lipinski definition) is 0. The second-order valence-electron chi connectivity index (χ2n) is 40.5. The quantitative estimate of drug-likeness (QED) is 0.120. The number of benzene rings is 15. The molecule has 0 amide bonds. The molecule has 15 aromatic carbocycles. The molecule has 710 valence electrons. The predicted octanol–water partition coefficient (Wildman–Crippen LogP) is 33.5. The maximum atomic E-state index is 8.55. The van der Waals surface area contributed by atoms with Crippen LogP contribution in [-0.2, 0) is 54.5 Å². The number of rotatable bonds is 11. The van der Waals surface area contributed by atoms with Crippen molar-refractivity contribution >= 4 is 164 Å². The Morgan fingerprint density at radius 3 is 0.812 bits per heavy atom. The molecule has 0 N–H and O–H groups in total. The van der Waals surface area contributed by atoms with Gasteiger partial charge in [0.2, 0.25) is 28.5 Å². The van der Waals surface area contributed by atoms with Crippen LogP contribution < -0.4 is 22.8 Å². The Bertz CT molecular complexity index is 9690. The van der Waals surface area contributed by atoms with Crippen molar-refractivity contribution in [3.8, 4) is 56.3 Å². The minimum Gasteiger partial charge on any atom is -0.454 e. The fourth-order valence-corrected chi connectivity index (χ4v) is 23.1. The van der Waals surface area contributed by atoms with Gasteiger partial charge >= 0.3 is 0 Å². The topological polar surface area (TPSA) is 85.1 Å². The first-order valence-electron chi connectivity index (χ1n) is 54.1. The van der Waals surface area contributed by atoms with Gasteiger partial charge in [-0.2, -0.15) is 0 Å². The number of aromatic nitrogens is 5. The van der Waals surface area contributed by atoms with Crippen LogP contribution in [0.2, 0.25) is 0 Å². The van der Waals surface area contributed by atoms with E-state index in [2.05, 4.69) is 343 Å². The highest BCUT2D eigenvalue weighted by molar-refractivity contribution is 6.22. The molecule has 10 heterocycles. The van der Waals surface area contributed by atoms with Gasteiger partial charge in [0.15, 0.2) is 31.0 Å². The van der Waals surface area contributed by atoms with Crippen LogP contribution in [0.3, 0.4) is 0 Å². The van der Waals surface area contributed by atoms with Gasteiger partial charge in [-0.15, -0.1) is 0 Å². The molecule has 0 radical (unpaired) electrons. The largest absolute Gasteiger partial charge is 0.454 e. The molecule has 1 atom stereocenters. The van der Waals surface area contributed by atoms with Gasteiger partial charge in [0.05, 0.1) is 27.8 Å². The van der Waals surface area contributed by atoms with Gasteiger partial charge in [-0.1, -0.05) is 291 Å². The number of furan rings is 5. The van der Waals surface area contributed by atoms with Crippen LogP contribution in [-0.4, -0.2) is 0 Å². The summed E-state index contributed by atoms with van der Waals surface area (Å²) in [5.41, 5.74) is 31.3. The molecule has 10 nitrogen and oxygen atoms in total. The van der Waals surface area contributed by atoms with Crippen LogP contribution >= 0.6 is 0 Å². The first-order chi connectivity index (χ1) is 72.4. The van der Waals surface area contributed by atoms with E-state index >= 15 is 0 Å². The van der Waals surface area contributed by atoms with Crippen LogP contribution in [0.5, 0.6) is 0 Å². The van der Waals surface area contributed by atoms with E-state index in [1.54, 1.807) is 13.0 Å². The number of aryl methyl sites for hydroxylation is 12. The third kappa shape index (κ3) is 16.8. The van der Waals surface area contributed by atoms with Crippen molar-refractivity contribution in [3.63, 3.8) is 0 Å². The molecule has 10 aromatic heterocycles. The van der Waals surface area contributed by atoms with Gasteiger partial charge in [-0.25, -0.2) is 22.8 Å². The van der Waals surface area contributed by atoms with Crippen molar-refractivity contribution in [1.29, 1.82) is 0 Å². The molecular formula is C134H124N5O5+5. The molecule has 27 rings (SSSR count). The average molecular weight is 1890 g/mol. The lowest BCUT2D eigenvalue weighted by Gasteiger charge is -2.21. The Kier molecular flexibility index (Phi) is 22.7. The molecule has 1 unspecified atom stereocenters. The third-order valence-corrected chi connectivity index (χ3v) is 31.0. The van der Waals surface area contributed by atoms with Crippen LogP contribution in [0.15, 0.2) is 356 Å². The maximum absolute atomic E-state index is 8.55. The summed E-state index contributed by atoms with van der Waals surface area (Å²) in [4.78, 5) is 0. The van der Waals surface area contributed by atoms with E-state index in [1.807, 2.05) is 85.0 Å².